The minimum Gasteiger partial charge on any atom is -0.497 e. The maximum atomic E-state index is 14.4. The molecule has 2 aliphatic carbocycles. The lowest BCUT2D eigenvalue weighted by Gasteiger charge is -2.31. The van der Waals surface area contributed by atoms with E-state index < -0.39 is 65.4 Å². The summed E-state index contributed by atoms with van der Waals surface area (Å²) in [5.41, 5.74) is 1.45. The Morgan fingerprint density at radius 1 is 0.881 bits per heavy atom. The summed E-state index contributed by atoms with van der Waals surface area (Å²) in [5, 5.41) is 9.32. The first-order chi connectivity index (χ1) is 28.1. The molecule has 13 nitrogen and oxygen atoms in total. The first kappa shape index (κ1) is 44.6. The molecule has 5 atom stereocenters. The van der Waals surface area contributed by atoms with Crippen LogP contribution in [0.2, 0.25) is 0 Å². The Bertz CT molecular complexity index is 2000. The molecule has 1 heterocycles. The summed E-state index contributed by atoms with van der Waals surface area (Å²) in [4.78, 5) is 73.7. The van der Waals surface area contributed by atoms with Crippen molar-refractivity contribution < 1.29 is 42.9 Å². The number of hydrogen-bond donors (Lipinski definition) is 3. The van der Waals surface area contributed by atoms with E-state index in [0.29, 0.717) is 40.9 Å². The minimum absolute atomic E-state index is 0.0625. The molecule has 13 heteroatoms. The first-order valence-electron chi connectivity index (χ1n) is 20.8. The van der Waals surface area contributed by atoms with Crippen molar-refractivity contribution in [2.75, 3.05) is 14.2 Å². The van der Waals surface area contributed by atoms with E-state index in [0.717, 1.165) is 37.7 Å². The predicted molar refractivity (Wildman–Crippen MR) is 224 cm³/mol. The van der Waals surface area contributed by atoms with Gasteiger partial charge in [0.2, 0.25) is 17.7 Å². The Balaban J connectivity index is 1.48. The van der Waals surface area contributed by atoms with Gasteiger partial charge in [-0.1, -0.05) is 76.8 Å². The van der Waals surface area contributed by atoms with Crippen LogP contribution in [0.1, 0.15) is 92.9 Å². The second kappa shape index (κ2) is 20.0. The number of ether oxygens (including phenoxy) is 4. The highest BCUT2D eigenvalue weighted by molar-refractivity contribution is 6.03. The lowest BCUT2D eigenvalue weighted by molar-refractivity contribution is -0.159. The molecule has 0 aliphatic heterocycles. The molecular weight excluding hydrogens is 753 g/mol. The van der Waals surface area contributed by atoms with E-state index in [-0.39, 0.29) is 23.8 Å². The molecule has 59 heavy (non-hydrogen) atoms. The monoisotopic (exact) mass is 812 g/mol. The predicted octanol–water partition coefficient (Wildman–Crippen LogP) is 6.61. The summed E-state index contributed by atoms with van der Waals surface area (Å²) < 4.78 is 22.9. The van der Waals surface area contributed by atoms with E-state index in [2.05, 4.69) is 16.0 Å². The van der Waals surface area contributed by atoms with Crippen molar-refractivity contribution >= 4 is 40.6 Å². The molecule has 3 aromatic rings. The van der Waals surface area contributed by atoms with Crippen molar-refractivity contribution in [2.45, 2.75) is 123 Å². The topological polar surface area (TPSA) is 171 Å². The van der Waals surface area contributed by atoms with Gasteiger partial charge in [-0.3, -0.25) is 14.4 Å². The lowest BCUT2D eigenvalue weighted by Crippen LogP contribution is -2.56. The standard InChI is InChI=1S/C46H60N4O9/c1-9-16-35(44(54)59-46(4,5)6)48-41(51)33-23-31(58-38-26-36(28-17-12-10-13-18-28)47-37-25-30(56-7)21-22-32(37)38)24-34(33)42(52)49-39(27(2)3)43(53)50-40(45(55)57-8)29-19-14-11-15-20-29/h10,12-13,17-18,21-22,24-27,29,31,33,35,39-40H,9,11,14-16,19-20,23H2,1-8H3,(H,48,51)(H,49,52)(H,50,53)/t31-,33-,35+,39+,40+/m1/s1. The van der Waals surface area contributed by atoms with E-state index in [1.54, 1.807) is 53.9 Å². The zero-order valence-corrected chi connectivity index (χ0v) is 35.6. The van der Waals surface area contributed by atoms with Crippen LogP contribution in [0.3, 0.4) is 0 Å². The summed E-state index contributed by atoms with van der Waals surface area (Å²) >= 11 is 0. The van der Waals surface area contributed by atoms with Gasteiger partial charge in [0.05, 0.1) is 31.3 Å². The quantitative estimate of drug-likeness (QED) is 0.134. The molecule has 0 saturated heterocycles. The molecule has 3 N–H and O–H groups in total. The number of hydrogen-bond acceptors (Lipinski definition) is 10. The van der Waals surface area contributed by atoms with Gasteiger partial charge < -0.3 is 34.9 Å². The van der Waals surface area contributed by atoms with E-state index >= 15 is 0 Å². The molecule has 0 spiro atoms. The van der Waals surface area contributed by atoms with Crippen molar-refractivity contribution in [3.05, 3.63) is 66.2 Å². The second-order valence-electron chi connectivity index (χ2n) is 16.8. The highest BCUT2D eigenvalue weighted by Crippen LogP contribution is 2.36. The summed E-state index contributed by atoms with van der Waals surface area (Å²) in [6.45, 7) is 10.8. The number of carbonyl (C=O) groups is 5. The molecule has 1 fully saturated rings. The minimum atomic E-state index is -1.05. The fourth-order valence-electron chi connectivity index (χ4n) is 7.78. The molecule has 318 valence electrons. The average Bonchev–Trinajstić information content (AvgIpc) is 3.65. The molecule has 2 aromatic carbocycles. The van der Waals surface area contributed by atoms with Crippen LogP contribution in [-0.4, -0.2) is 78.7 Å². The number of pyridine rings is 1. The van der Waals surface area contributed by atoms with Crippen LogP contribution in [0, 0.1) is 17.8 Å². The third-order valence-electron chi connectivity index (χ3n) is 10.8. The zero-order valence-electron chi connectivity index (χ0n) is 35.6. The fraction of sp³-hybridized carbons (Fsp3) is 0.522. The van der Waals surface area contributed by atoms with Crippen LogP contribution in [0.5, 0.6) is 11.5 Å². The molecule has 2 aliphatic rings. The Morgan fingerprint density at radius 3 is 2.22 bits per heavy atom. The number of rotatable bonds is 16. The Morgan fingerprint density at radius 2 is 1.59 bits per heavy atom. The largest absolute Gasteiger partial charge is 0.497 e. The van der Waals surface area contributed by atoms with Gasteiger partial charge in [0.15, 0.2) is 0 Å². The number of fused-ring (bicyclic) bond motifs is 1. The van der Waals surface area contributed by atoms with Crippen LogP contribution in [-0.2, 0) is 33.4 Å². The summed E-state index contributed by atoms with van der Waals surface area (Å²) in [7, 11) is 2.88. The summed E-state index contributed by atoms with van der Waals surface area (Å²) in [6, 6.07) is 14.1. The number of nitrogens with one attached hydrogen (secondary N) is 3. The summed E-state index contributed by atoms with van der Waals surface area (Å²) in [6.07, 6.45) is 6.33. The number of nitrogens with zero attached hydrogens (tertiary/aromatic N) is 1. The van der Waals surface area contributed by atoms with Crippen molar-refractivity contribution in [1.29, 1.82) is 0 Å². The number of carbonyl (C=O) groups excluding carboxylic acids is 5. The van der Waals surface area contributed by atoms with Gasteiger partial charge in [-0.2, -0.15) is 0 Å². The molecule has 3 amide bonds. The second-order valence-corrected chi connectivity index (χ2v) is 16.8. The molecule has 0 radical (unpaired) electrons. The smallest absolute Gasteiger partial charge is 0.329 e. The van der Waals surface area contributed by atoms with Crippen LogP contribution < -0.4 is 25.4 Å². The number of methoxy groups -OCH3 is 2. The highest BCUT2D eigenvalue weighted by atomic mass is 16.6. The van der Waals surface area contributed by atoms with Crippen LogP contribution in [0.25, 0.3) is 22.2 Å². The van der Waals surface area contributed by atoms with Crippen molar-refractivity contribution in [1.82, 2.24) is 20.9 Å². The molecule has 1 saturated carbocycles. The van der Waals surface area contributed by atoms with E-state index in [1.807, 2.05) is 55.5 Å². The van der Waals surface area contributed by atoms with Crippen LogP contribution in [0.4, 0.5) is 0 Å². The Kier molecular flexibility index (Phi) is 15.1. The van der Waals surface area contributed by atoms with Crippen LogP contribution >= 0.6 is 0 Å². The SMILES string of the molecule is CCC[C@H](NC(=O)[C@@H]1C[C@@H](Oc2cc(-c3ccccc3)nc3cc(OC)ccc23)C=C1C(=O)N[C@H](C(=O)N[C@H](C(=O)OC)C1CCCCC1)C(C)C)C(=O)OC(C)(C)C. The van der Waals surface area contributed by atoms with Gasteiger partial charge in [-0.05, 0) is 70.1 Å². The summed E-state index contributed by atoms with van der Waals surface area (Å²) in [5.74, 6) is -3.25. The van der Waals surface area contributed by atoms with Crippen LogP contribution in [0.15, 0.2) is 66.2 Å². The molecule has 5 rings (SSSR count). The van der Waals surface area contributed by atoms with Crippen molar-refractivity contribution in [3.63, 3.8) is 0 Å². The first-order valence-corrected chi connectivity index (χ1v) is 20.8. The fourth-order valence-corrected chi connectivity index (χ4v) is 7.78. The Hall–Kier alpha value is -5.46. The maximum Gasteiger partial charge on any atom is 0.329 e. The molecule has 0 bridgehead atoms. The normalized spacial score (nSPS) is 18.6. The average molecular weight is 813 g/mol. The number of aromatic nitrogens is 1. The molecular formula is C46H60N4O9. The van der Waals surface area contributed by atoms with Gasteiger partial charge in [0, 0.05) is 35.1 Å². The van der Waals surface area contributed by atoms with Gasteiger partial charge in [-0.15, -0.1) is 0 Å². The van der Waals surface area contributed by atoms with Gasteiger partial charge in [0.1, 0.15) is 41.3 Å². The zero-order chi connectivity index (χ0) is 42.9. The Labute approximate surface area is 347 Å². The maximum absolute atomic E-state index is 14.4. The van der Waals surface area contributed by atoms with Gasteiger partial charge >= 0.3 is 11.9 Å². The number of esters is 2. The third kappa shape index (κ3) is 11.6. The highest BCUT2D eigenvalue weighted by Gasteiger charge is 2.41. The third-order valence-corrected chi connectivity index (χ3v) is 10.8. The lowest BCUT2D eigenvalue weighted by atomic mass is 9.83. The van der Waals surface area contributed by atoms with Crippen molar-refractivity contribution in [2.24, 2.45) is 17.8 Å². The van der Waals surface area contributed by atoms with E-state index in [1.165, 1.54) is 7.11 Å². The van der Waals surface area contributed by atoms with Crippen molar-refractivity contribution in [3.8, 4) is 22.8 Å². The molecule has 0 unspecified atom stereocenters. The van der Waals surface area contributed by atoms with Gasteiger partial charge in [-0.25, -0.2) is 14.6 Å². The van der Waals surface area contributed by atoms with E-state index in [4.69, 9.17) is 23.9 Å². The number of benzene rings is 2. The van der Waals surface area contributed by atoms with Gasteiger partial charge in [0.25, 0.3) is 0 Å². The van der Waals surface area contributed by atoms with E-state index in [9.17, 15) is 24.0 Å². The number of amides is 3. The molecule has 1 aromatic heterocycles.